The zero-order valence-electron chi connectivity index (χ0n) is 17.8. The zero-order chi connectivity index (χ0) is 21.9. The van der Waals surface area contributed by atoms with Crippen molar-refractivity contribution >= 4 is 29.1 Å². The van der Waals surface area contributed by atoms with Crippen LogP contribution in [0.4, 0.5) is 11.8 Å². The number of rotatable bonds is 5. The second kappa shape index (κ2) is 8.72. The van der Waals surface area contributed by atoms with Gasteiger partial charge in [0.15, 0.2) is 17.0 Å². The predicted octanol–water partition coefficient (Wildman–Crippen LogP) is 2.93. The van der Waals surface area contributed by atoms with E-state index in [1.165, 1.54) is 5.56 Å². The van der Waals surface area contributed by atoms with E-state index in [1.54, 1.807) is 24.9 Å². The first-order chi connectivity index (χ1) is 15.7. The Morgan fingerprint density at radius 2 is 2.03 bits per heavy atom. The first-order valence-electron chi connectivity index (χ1n) is 10.6. The van der Waals surface area contributed by atoms with E-state index in [2.05, 4.69) is 31.5 Å². The molecular weight excluding hydrogens is 404 g/mol. The first kappa shape index (κ1) is 20.1. The third-order valence-electron chi connectivity index (χ3n) is 5.48. The third-order valence-corrected chi connectivity index (χ3v) is 5.48. The maximum absolute atomic E-state index is 9.88. The number of aliphatic hydroxyl groups excluding tert-OH is 1. The van der Waals surface area contributed by atoms with Gasteiger partial charge in [-0.15, -0.1) is 0 Å². The first-order valence-corrected chi connectivity index (χ1v) is 10.6. The number of aryl methyl sites for hydroxylation is 1. The number of aromatic nitrogens is 5. The molecule has 9 nitrogen and oxygen atoms in total. The van der Waals surface area contributed by atoms with Gasteiger partial charge in [-0.3, -0.25) is 15.0 Å². The number of imidazole rings is 1. The number of benzene rings is 1. The molecule has 3 aromatic heterocycles. The number of hydrogen-bond donors (Lipinski definition) is 2. The van der Waals surface area contributed by atoms with E-state index in [-0.39, 0.29) is 6.10 Å². The lowest BCUT2D eigenvalue weighted by molar-refractivity contribution is 0.145. The largest absolute Gasteiger partial charge is 0.393 e. The van der Waals surface area contributed by atoms with Crippen LogP contribution in [0, 0.1) is 6.92 Å². The summed E-state index contributed by atoms with van der Waals surface area (Å²) in [7, 11) is 0. The molecule has 0 aliphatic carbocycles. The molecule has 0 saturated carbocycles. The second-order valence-corrected chi connectivity index (χ2v) is 7.87. The molecular formula is C23H24N8O. The molecule has 162 valence electrons. The summed E-state index contributed by atoms with van der Waals surface area (Å²) in [4.78, 5) is 20.4. The Kier molecular flexibility index (Phi) is 5.47. The normalized spacial score (nSPS) is 15.0. The molecule has 4 aromatic rings. The Balaban J connectivity index is 1.53. The van der Waals surface area contributed by atoms with Crippen LogP contribution in [0.5, 0.6) is 0 Å². The highest BCUT2D eigenvalue weighted by atomic mass is 16.3. The lowest BCUT2D eigenvalue weighted by atomic mass is 10.1. The van der Waals surface area contributed by atoms with Crippen LogP contribution < -0.4 is 10.3 Å². The number of hydrazone groups is 1. The Labute approximate surface area is 185 Å². The highest BCUT2D eigenvalue weighted by molar-refractivity contribution is 5.87. The van der Waals surface area contributed by atoms with Gasteiger partial charge in [0.1, 0.15) is 6.33 Å². The Bertz CT molecular complexity index is 1250. The molecule has 0 spiro atoms. The van der Waals surface area contributed by atoms with E-state index in [9.17, 15) is 5.11 Å². The fourth-order valence-electron chi connectivity index (χ4n) is 3.78. The van der Waals surface area contributed by atoms with Crippen molar-refractivity contribution in [2.75, 3.05) is 23.4 Å². The summed E-state index contributed by atoms with van der Waals surface area (Å²) in [5.74, 6) is 1.12. The van der Waals surface area contributed by atoms with Crippen LogP contribution in [0.1, 0.15) is 24.0 Å². The smallest absolute Gasteiger partial charge is 0.229 e. The maximum Gasteiger partial charge on any atom is 0.229 e. The number of hydrogen-bond acceptors (Lipinski definition) is 8. The summed E-state index contributed by atoms with van der Waals surface area (Å²) in [6, 6.07) is 11.9. The van der Waals surface area contributed by atoms with Crippen LogP contribution in [0.2, 0.25) is 0 Å². The molecule has 32 heavy (non-hydrogen) atoms. The average Bonchev–Trinajstić information content (AvgIpc) is 3.24. The van der Waals surface area contributed by atoms with Gasteiger partial charge in [-0.1, -0.05) is 29.8 Å². The second-order valence-electron chi connectivity index (χ2n) is 7.87. The molecule has 1 fully saturated rings. The fraction of sp³-hybridized carbons (Fsp3) is 0.261. The number of piperidine rings is 1. The molecule has 2 N–H and O–H groups in total. The third kappa shape index (κ3) is 4.15. The summed E-state index contributed by atoms with van der Waals surface area (Å²) in [6.07, 6.45) is 8.09. The van der Waals surface area contributed by atoms with Gasteiger partial charge >= 0.3 is 0 Å². The van der Waals surface area contributed by atoms with Gasteiger partial charge in [0, 0.05) is 19.3 Å². The van der Waals surface area contributed by atoms with Crippen molar-refractivity contribution in [2.45, 2.75) is 25.9 Å². The molecule has 4 heterocycles. The zero-order valence-corrected chi connectivity index (χ0v) is 17.8. The number of nitrogens with one attached hydrogen (secondary N) is 1. The van der Waals surface area contributed by atoms with Gasteiger partial charge in [0.05, 0.1) is 24.2 Å². The van der Waals surface area contributed by atoms with Gasteiger partial charge in [0.2, 0.25) is 5.95 Å². The topological polar surface area (TPSA) is 104 Å². The van der Waals surface area contributed by atoms with Crippen molar-refractivity contribution in [1.82, 2.24) is 24.5 Å². The van der Waals surface area contributed by atoms with Crippen molar-refractivity contribution in [3.8, 4) is 5.69 Å². The van der Waals surface area contributed by atoms with E-state index in [0.717, 1.165) is 11.3 Å². The quantitative estimate of drug-likeness (QED) is 0.372. The summed E-state index contributed by atoms with van der Waals surface area (Å²) in [6.45, 7) is 3.44. The molecule has 1 saturated heterocycles. The molecule has 0 atom stereocenters. The van der Waals surface area contributed by atoms with Crippen LogP contribution in [-0.4, -0.2) is 55.0 Å². The van der Waals surface area contributed by atoms with Crippen LogP contribution in [0.3, 0.4) is 0 Å². The van der Waals surface area contributed by atoms with E-state index < -0.39 is 0 Å². The van der Waals surface area contributed by atoms with Gasteiger partial charge < -0.3 is 10.0 Å². The van der Waals surface area contributed by atoms with Crippen LogP contribution in [-0.2, 0) is 0 Å². The fourth-order valence-corrected chi connectivity index (χ4v) is 3.78. The van der Waals surface area contributed by atoms with E-state index in [4.69, 9.17) is 9.97 Å². The molecule has 0 unspecified atom stereocenters. The Hall–Kier alpha value is -3.85. The summed E-state index contributed by atoms with van der Waals surface area (Å²) >= 11 is 0. The average molecular weight is 429 g/mol. The highest BCUT2D eigenvalue weighted by Crippen LogP contribution is 2.26. The molecule has 0 radical (unpaired) electrons. The van der Waals surface area contributed by atoms with E-state index in [1.807, 2.05) is 41.8 Å². The SMILES string of the molecule is Cc1cccc(C=NNc2nc(N3CCC(O)CC3)nc3c2ncn3-c2cccnc2)c1. The van der Waals surface area contributed by atoms with Gasteiger partial charge in [-0.2, -0.15) is 15.1 Å². The number of aliphatic hydroxyl groups is 1. The number of nitrogens with zero attached hydrogens (tertiary/aromatic N) is 7. The highest BCUT2D eigenvalue weighted by Gasteiger charge is 2.22. The lowest BCUT2D eigenvalue weighted by Crippen LogP contribution is -2.37. The predicted molar refractivity (Wildman–Crippen MR) is 124 cm³/mol. The van der Waals surface area contributed by atoms with Crippen molar-refractivity contribution in [2.24, 2.45) is 5.10 Å². The minimum Gasteiger partial charge on any atom is -0.393 e. The standard InChI is InChI=1S/C23H24N8O/c1-16-4-2-5-17(12-16)13-26-29-21-20-22(31(15-25-20)18-6-3-9-24-14-18)28-23(27-21)30-10-7-19(32)8-11-30/h2-6,9,12-15,19,32H,7-8,10-11H2,1H3,(H,27,28,29). The molecule has 1 aliphatic rings. The maximum atomic E-state index is 9.88. The number of anilines is 2. The van der Waals surface area contributed by atoms with Crippen LogP contribution in [0.15, 0.2) is 60.2 Å². The minimum atomic E-state index is -0.271. The van der Waals surface area contributed by atoms with Gasteiger partial charge in [-0.25, -0.2) is 4.98 Å². The number of pyridine rings is 1. The monoisotopic (exact) mass is 428 g/mol. The molecule has 1 aliphatic heterocycles. The summed E-state index contributed by atoms with van der Waals surface area (Å²) in [5, 5.41) is 14.3. The van der Waals surface area contributed by atoms with E-state index >= 15 is 0 Å². The van der Waals surface area contributed by atoms with Gasteiger partial charge in [-0.05, 0) is 37.5 Å². The Morgan fingerprint density at radius 1 is 1.16 bits per heavy atom. The summed E-state index contributed by atoms with van der Waals surface area (Å²) < 4.78 is 1.89. The Morgan fingerprint density at radius 3 is 2.81 bits per heavy atom. The summed E-state index contributed by atoms with van der Waals surface area (Å²) in [5.41, 5.74) is 7.38. The molecule has 5 rings (SSSR count). The van der Waals surface area contributed by atoms with Crippen molar-refractivity contribution < 1.29 is 5.11 Å². The van der Waals surface area contributed by atoms with E-state index in [0.29, 0.717) is 48.9 Å². The molecule has 9 heteroatoms. The van der Waals surface area contributed by atoms with Gasteiger partial charge in [0.25, 0.3) is 0 Å². The molecule has 0 amide bonds. The lowest BCUT2D eigenvalue weighted by Gasteiger charge is -2.29. The van der Waals surface area contributed by atoms with Crippen LogP contribution in [0.25, 0.3) is 16.9 Å². The number of fused-ring (bicyclic) bond motifs is 1. The van der Waals surface area contributed by atoms with Crippen molar-refractivity contribution in [3.63, 3.8) is 0 Å². The molecule has 1 aromatic carbocycles. The molecule has 0 bridgehead atoms. The minimum absolute atomic E-state index is 0.271. The van der Waals surface area contributed by atoms with Crippen molar-refractivity contribution in [3.05, 3.63) is 66.2 Å². The van der Waals surface area contributed by atoms with Crippen LogP contribution >= 0.6 is 0 Å². The van der Waals surface area contributed by atoms with Crippen molar-refractivity contribution in [1.29, 1.82) is 0 Å².